The van der Waals surface area contributed by atoms with Crippen molar-refractivity contribution in [3.63, 3.8) is 0 Å². The van der Waals surface area contributed by atoms with E-state index in [9.17, 15) is 19.3 Å². The molecular formula is C17H13FN2O3S. The number of carbonyl (C=O) groups excluding carboxylic acids is 1. The van der Waals surface area contributed by atoms with E-state index in [2.05, 4.69) is 5.32 Å². The molecule has 0 aliphatic carbocycles. The highest BCUT2D eigenvalue weighted by Crippen LogP contribution is 2.26. The number of halogens is 1. The van der Waals surface area contributed by atoms with Crippen LogP contribution in [-0.4, -0.2) is 10.8 Å². The summed E-state index contributed by atoms with van der Waals surface area (Å²) in [6, 6.07) is 10.7. The van der Waals surface area contributed by atoms with Gasteiger partial charge in [-0.15, -0.1) is 11.3 Å². The molecular weight excluding hydrogens is 331 g/mol. The molecule has 1 aromatic heterocycles. The standard InChI is InChI=1S/C17H13FN2O3S/c1-10-2-3-11(8-15(10)20(22)23)17(21)19-9-14-7-12-6-13(18)4-5-16(12)24-14/h2-8H,9H2,1H3,(H,19,21). The van der Waals surface area contributed by atoms with Crippen LogP contribution < -0.4 is 5.32 Å². The molecule has 3 aromatic rings. The van der Waals surface area contributed by atoms with Gasteiger partial charge in [-0.05, 0) is 42.6 Å². The number of nitrogens with zero attached hydrogens (tertiary/aromatic N) is 1. The molecule has 5 nitrogen and oxygen atoms in total. The minimum absolute atomic E-state index is 0.0833. The van der Waals surface area contributed by atoms with Crippen LogP contribution in [0, 0.1) is 22.9 Å². The minimum Gasteiger partial charge on any atom is -0.347 e. The highest BCUT2D eigenvalue weighted by molar-refractivity contribution is 7.19. The zero-order chi connectivity index (χ0) is 17.3. The van der Waals surface area contributed by atoms with Gasteiger partial charge >= 0.3 is 0 Å². The molecule has 1 amide bonds. The van der Waals surface area contributed by atoms with Gasteiger partial charge in [-0.1, -0.05) is 6.07 Å². The van der Waals surface area contributed by atoms with Crippen LogP contribution in [0.2, 0.25) is 0 Å². The Labute approximate surface area is 140 Å². The van der Waals surface area contributed by atoms with Crippen molar-refractivity contribution in [2.75, 3.05) is 0 Å². The van der Waals surface area contributed by atoms with E-state index in [1.807, 2.05) is 6.07 Å². The zero-order valence-electron chi connectivity index (χ0n) is 12.7. The van der Waals surface area contributed by atoms with Crippen LogP contribution in [0.4, 0.5) is 10.1 Å². The molecule has 1 heterocycles. The number of thiophene rings is 1. The van der Waals surface area contributed by atoms with Crippen molar-refractivity contribution in [2.24, 2.45) is 0 Å². The maximum Gasteiger partial charge on any atom is 0.273 e. The van der Waals surface area contributed by atoms with Crippen LogP contribution in [0.25, 0.3) is 10.1 Å². The number of nitro groups is 1. The Hall–Kier alpha value is -2.80. The Morgan fingerprint density at radius 1 is 1.25 bits per heavy atom. The molecule has 0 fully saturated rings. The lowest BCUT2D eigenvalue weighted by Crippen LogP contribution is -2.22. The molecule has 122 valence electrons. The molecule has 0 atom stereocenters. The average Bonchev–Trinajstić information content (AvgIpc) is 2.94. The second-order valence-corrected chi connectivity index (χ2v) is 6.50. The number of amides is 1. The summed E-state index contributed by atoms with van der Waals surface area (Å²) in [6.07, 6.45) is 0. The topological polar surface area (TPSA) is 72.2 Å². The highest BCUT2D eigenvalue weighted by Gasteiger charge is 2.15. The largest absolute Gasteiger partial charge is 0.347 e. The molecule has 2 aromatic carbocycles. The predicted octanol–water partition coefficient (Wildman–Crippen LogP) is 4.19. The Balaban J connectivity index is 1.74. The lowest BCUT2D eigenvalue weighted by Gasteiger charge is -2.04. The van der Waals surface area contributed by atoms with Gasteiger partial charge < -0.3 is 5.32 Å². The molecule has 0 bridgehead atoms. The molecule has 0 spiro atoms. The third-order valence-electron chi connectivity index (χ3n) is 3.62. The Morgan fingerprint density at radius 2 is 2.04 bits per heavy atom. The van der Waals surface area contributed by atoms with Crippen molar-refractivity contribution in [1.82, 2.24) is 5.32 Å². The van der Waals surface area contributed by atoms with E-state index in [-0.39, 0.29) is 29.5 Å². The minimum atomic E-state index is -0.507. The normalized spacial score (nSPS) is 10.8. The molecule has 7 heteroatoms. The monoisotopic (exact) mass is 344 g/mol. The van der Waals surface area contributed by atoms with E-state index < -0.39 is 4.92 Å². The second kappa shape index (κ2) is 6.37. The van der Waals surface area contributed by atoms with Crippen LogP contribution in [0.15, 0.2) is 42.5 Å². The molecule has 0 aliphatic heterocycles. The van der Waals surface area contributed by atoms with Crippen molar-refractivity contribution >= 4 is 33.0 Å². The fourth-order valence-corrected chi connectivity index (χ4v) is 3.36. The maximum absolute atomic E-state index is 13.2. The van der Waals surface area contributed by atoms with Crippen molar-refractivity contribution in [3.05, 3.63) is 74.4 Å². The number of rotatable bonds is 4. The van der Waals surface area contributed by atoms with Gasteiger partial charge in [-0.25, -0.2) is 4.39 Å². The van der Waals surface area contributed by atoms with E-state index in [1.54, 1.807) is 25.1 Å². The van der Waals surface area contributed by atoms with Crippen molar-refractivity contribution in [1.29, 1.82) is 0 Å². The average molecular weight is 344 g/mol. The number of benzene rings is 2. The molecule has 0 radical (unpaired) electrons. The zero-order valence-corrected chi connectivity index (χ0v) is 13.5. The number of nitro benzene ring substituents is 1. The predicted molar refractivity (Wildman–Crippen MR) is 90.8 cm³/mol. The lowest BCUT2D eigenvalue weighted by atomic mass is 10.1. The number of hydrogen-bond acceptors (Lipinski definition) is 4. The van der Waals surface area contributed by atoms with Gasteiger partial charge in [0.25, 0.3) is 11.6 Å². The number of hydrogen-bond donors (Lipinski definition) is 1. The molecule has 3 rings (SSSR count). The van der Waals surface area contributed by atoms with Crippen molar-refractivity contribution in [2.45, 2.75) is 13.5 Å². The van der Waals surface area contributed by atoms with Crippen LogP contribution in [0.1, 0.15) is 20.8 Å². The summed E-state index contributed by atoms with van der Waals surface area (Å²) in [7, 11) is 0. The van der Waals surface area contributed by atoms with E-state index >= 15 is 0 Å². The summed E-state index contributed by atoms with van der Waals surface area (Å²) in [6.45, 7) is 1.90. The number of fused-ring (bicyclic) bond motifs is 1. The van der Waals surface area contributed by atoms with Gasteiger partial charge in [0.2, 0.25) is 0 Å². The van der Waals surface area contributed by atoms with Crippen molar-refractivity contribution < 1.29 is 14.1 Å². The summed E-state index contributed by atoms with van der Waals surface area (Å²) in [5, 5.41) is 14.5. The van der Waals surface area contributed by atoms with E-state index in [0.29, 0.717) is 5.56 Å². The summed E-state index contributed by atoms with van der Waals surface area (Å²) in [5.74, 6) is -0.690. The fourth-order valence-electron chi connectivity index (χ4n) is 2.37. The smallest absolute Gasteiger partial charge is 0.273 e. The first kappa shape index (κ1) is 16.1. The van der Waals surface area contributed by atoms with Crippen LogP contribution >= 0.6 is 11.3 Å². The Kier molecular flexibility index (Phi) is 4.26. The fraction of sp³-hybridized carbons (Fsp3) is 0.118. The first-order valence-electron chi connectivity index (χ1n) is 7.15. The molecule has 1 N–H and O–H groups in total. The molecule has 0 aliphatic rings. The molecule has 0 saturated heterocycles. The number of aryl methyl sites for hydroxylation is 1. The highest BCUT2D eigenvalue weighted by atomic mass is 32.1. The van der Waals surface area contributed by atoms with Gasteiger partial charge in [-0.2, -0.15) is 0 Å². The van der Waals surface area contributed by atoms with Crippen LogP contribution in [0.3, 0.4) is 0 Å². The summed E-state index contributed by atoms with van der Waals surface area (Å²) in [4.78, 5) is 23.5. The van der Waals surface area contributed by atoms with E-state index in [4.69, 9.17) is 0 Å². The SMILES string of the molecule is Cc1ccc(C(=O)NCc2cc3cc(F)ccc3s2)cc1[N+](=O)[O-]. The van der Waals surface area contributed by atoms with Gasteiger partial charge in [0.15, 0.2) is 0 Å². The Bertz CT molecular complexity index is 952. The quantitative estimate of drug-likeness (QED) is 0.570. The maximum atomic E-state index is 13.2. The first-order valence-corrected chi connectivity index (χ1v) is 7.97. The lowest BCUT2D eigenvalue weighted by molar-refractivity contribution is -0.385. The Morgan fingerprint density at radius 3 is 2.79 bits per heavy atom. The molecule has 0 saturated carbocycles. The second-order valence-electron chi connectivity index (χ2n) is 5.34. The van der Waals surface area contributed by atoms with Crippen molar-refractivity contribution in [3.8, 4) is 0 Å². The summed E-state index contributed by atoms with van der Waals surface area (Å²) >= 11 is 1.46. The van der Waals surface area contributed by atoms with Gasteiger partial charge in [0.1, 0.15) is 5.82 Å². The third kappa shape index (κ3) is 3.26. The summed E-state index contributed by atoms with van der Waals surface area (Å²) < 4.78 is 14.1. The van der Waals surface area contributed by atoms with E-state index in [0.717, 1.165) is 15.0 Å². The third-order valence-corrected chi connectivity index (χ3v) is 4.74. The van der Waals surface area contributed by atoms with Crippen LogP contribution in [-0.2, 0) is 6.54 Å². The molecule has 24 heavy (non-hydrogen) atoms. The number of nitrogens with one attached hydrogen (secondary N) is 1. The first-order chi connectivity index (χ1) is 11.4. The van der Waals surface area contributed by atoms with Gasteiger partial charge in [0, 0.05) is 26.8 Å². The molecule has 0 unspecified atom stereocenters. The summed E-state index contributed by atoms with van der Waals surface area (Å²) in [5.41, 5.74) is 0.655. The van der Waals surface area contributed by atoms with E-state index in [1.165, 1.54) is 29.5 Å². The van der Waals surface area contributed by atoms with Crippen LogP contribution in [0.5, 0.6) is 0 Å². The number of carbonyl (C=O) groups is 1. The van der Waals surface area contributed by atoms with Gasteiger partial charge in [-0.3, -0.25) is 14.9 Å². The van der Waals surface area contributed by atoms with Gasteiger partial charge in [0.05, 0.1) is 11.5 Å².